The van der Waals surface area contributed by atoms with Gasteiger partial charge in [0.15, 0.2) is 5.82 Å². The van der Waals surface area contributed by atoms with E-state index in [2.05, 4.69) is 15.0 Å². The number of hydrogen-bond acceptors (Lipinski definition) is 4. The van der Waals surface area contributed by atoms with Gasteiger partial charge in [-0.3, -0.25) is 4.98 Å². The predicted octanol–water partition coefficient (Wildman–Crippen LogP) is 3.75. The average molecular weight is 297 g/mol. The first-order valence-electron chi connectivity index (χ1n) is 6.45. The Bertz CT molecular complexity index is 747. The zero-order valence-electron chi connectivity index (χ0n) is 11.4. The number of aromatic nitrogens is 3. The molecule has 0 aliphatic heterocycles. The van der Waals surface area contributed by atoms with Gasteiger partial charge in [0.1, 0.15) is 11.0 Å². The number of halogens is 1. The van der Waals surface area contributed by atoms with Crippen molar-refractivity contribution < 1.29 is 0 Å². The van der Waals surface area contributed by atoms with Crippen molar-refractivity contribution in [2.45, 2.75) is 6.92 Å². The molecule has 0 amide bonds. The first-order valence-corrected chi connectivity index (χ1v) is 6.83. The number of nitrogens with zero attached hydrogens (tertiary/aromatic N) is 3. The largest absolute Gasteiger partial charge is 0.383 e. The van der Waals surface area contributed by atoms with Crippen LogP contribution in [0.15, 0.2) is 48.8 Å². The highest BCUT2D eigenvalue weighted by molar-refractivity contribution is 6.32. The van der Waals surface area contributed by atoms with Gasteiger partial charge in [-0.05, 0) is 24.6 Å². The van der Waals surface area contributed by atoms with Crippen molar-refractivity contribution in [2.24, 2.45) is 0 Å². The molecule has 104 valence electrons. The molecule has 0 atom stereocenters. The van der Waals surface area contributed by atoms with Crippen molar-refractivity contribution in [1.82, 2.24) is 15.0 Å². The third-order valence-corrected chi connectivity index (χ3v) is 3.45. The second kappa shape index (κ2) is 5.50. The lowest BCUT2D eigenvalue weighted by Crippen LogP contribution is -2.00. The topological polar surface area (TPSA) is 64.7 Å². The fourth-order valence-corrected chi connectivity index (χ4v) is 2.35. The van der Waals surface area contributed by atoms with Crippen LogP contribution in [0.25, 0.3) is 22.5 Å². The molecule has 0 spiro atoms. The van der Waals surface area contributed by atoms with E-state index in [9.17, 15) is 0 Å². The molecule has 0 bridgehead atoms. The summed E-state index contributed by atoms with van der Waals surface area (Å²) in [5, 5.41) is 0.346. The van der Waals surface area contributed by atoms with Crippen LogP contribution in [0.2, 0.25) is 5.15 Å². The molecule has 3 rings (SSSR count). The maximum atomic E-state index is 6.31. The van der Waals surface area contributed by atoms with Gasteiger partial charge in [0.2, 0.25) is 0 Å². The van der Waals surface area contributed by atoms with Gasteiger partial charge in [-0.25, -0.2) is 9.97 Å². The molecular weight excluding hydrogens is 284 g/mol. The normalized spacial score (nSPS) is 10.6. The number of rotatable bonds is 2. The van der Waals surface area contributed by atoms with Gasteiger partial charge < -0.3 is 5.73 Å². The van der Waals surface area contributed by atoms with Gasteiger partial charge in [0, 0.05) is 18.0 Å². The predicted molar refractivity (Wildman–Crippen MR) is 84.9 cm³/mol. The second-order valence-electron chi connectivity index (χ2n) is 4.70. The minimum atomic E-state index is 0.346. The summed E-state index contributed by atoms with van der Waals surface area (Å²) < 4.78 is 0. The molecule has 0 saturated carbocycles. The summed E-state index contributed by atoms with van der Waals surface area (Å²) in [6, 6.07) is 11.6. The zero-order valence-corrected chi connectivity index (χ0v) is 12.2. The number of nitrogens with two attached hydrogens (primary N) is 1. The summed E-state index contributed by atoms with van der Waals surface area (Å²) in [6.45, 7) is 2.03. The Balaban J connectivity index is 2.11. The molecule has 1 aromatic carbocycles. The third kappa shape index (κ3) is 2.71. The molecule has 4 nitrogen and oxygen atoms in total. The van der Waals surface area contributed by atoms with Gasteiger partial charge in [-0.1, -0.05) is 41.4 Å². The molecule has 2 heterocycles. The van der Waals surface area contributed by atoms with Crippen LogP contribution in [0.5, 0.6) is 0 Å². The zero-order chi connectivity index (χ0) is 14.8. The molecule has 0 fully saturated rings. The third-order valence-electron chi connectivity index (χ3n) is 3.17. The minimum absolute atomic E-state index is 0.346. The number of aryl methyl sites for hydroxylation is 1. The Morgan fingerprint density at radius 2 is 1.57 bits per heavy atom. The minimum Gasteiger partial charge on any atom is -0.383 e. The molecule has 5 heteroatoms. The van der Waals surface area contributed by atoms with Crippen LogP contribution in [0.3, 0.4) is 0 Å². The molecule has 21 heavy (non-hydrogen) atoms. The first-order chi connectivity index (χ1) is 10.1. The lowest BCUT2D eigenvalue weighted by Gasteiger charge is -2.09. The van der Waals surface area contributed by atoms with Crippen LogP contribution in [-0.4, -0.2) is 15.0 Å². The summed E-state index contributed by atoms with van der Waals surface area (Å²) in [6.07, 6.45) is 3.35. The molecule has 0 saturated heterocycles. The smallest absolute Gasteiger partial charge is 0.163 e. The summed E-state index contributed by atoms with van der Waals surface area (Å²) in [4.78, 5) is 12.7. The van der Waals surface area contributed by atoms with Crippen LogP contribution in [0.1, 0.15) is 5.56 Å². The van der Waals surface area contributed by atoms with E-state index in [4.69, 9.17) is 17.3 Å². The lowest BCUT2D eigenvalue weighted by atomic mass is 10.1. The highest BCUT2D eigenvalue weighted by Crippen LogP contribution is 2.32. The highest BCUT2D eigenvalue weighted by atomic mass is 35.5. The van der Waals surface area contributed by atoms with Gasteiger partial charge in [-0.2, -0.15) is 0 Å². The molecule has 2 aromatic heterocycles. The van der Waals surface area contributed by atoms with Crippen molar-refractivity contribution in [3.8, 4) is 22.5 Å². The molecule has 0 radical (unpaired) electrons. The fraction of sp³-hybridized carbons (Fsp3) is 0.0625. The van der Waals surface area contributed by atoms with Crippen molar-refractivity contribution >= 4 is 17.4 Å². The lowest BCUT2D eigenvalue weighted by molar-refractivity contribution is 1.18. The van der Waals surface area contributed by atoms with E-state index in [0.29, 0.717) is 22.4 Å². The Kier molecular flexibility index (Phi) is 3.54. The molecular formula is C16H13ClN4. The van der Waals surface area contributed by atoms with Crippen molar-refractivity contribution in [3.05, 3.63) is 59.5 Å². The molecule has 0 unspecified atom stereocenters. The number of hydrogen-bond donors (Lipinski definition) is 1. The molecule has 3 aromatic rings. The summed E-state index contributed by atoms with van der Waals surface area (Å²) >= 11 is 6.31. The van der Waals surface area contributed by atoms with Crippen LogP contribution in [0, 0.1) is 6.92 Å². The standard InChI is InChI=1S/C16H13ClN4/c1-10-2-4-11(5-3-10)13-14(17)20-16(21-15(13)18)12-6-8-19-9-7-12/h2-9H,1H3,(H2,18,20,21). The number of pyridine rings is 1. The average Bonchev–Trinajstić information content (AvgIpc) is 2.49. The van der Waals surface area contributed by atoms with E-state index in [1.165, 1.54) is 5.56 Å². The van der Waals surface area contributed by atoms with E-state index >= 15 is 0 Å². The van der Waals surface area contributed by atoms with Gasteiger partial charge >= 0.3 is 0 Å². The Morgan fingerprint density at radius 1 is 0.905 bits per heavy atom. The van der Waals surface area contributed by atoms with Crippen molar-refractivity contribution in [2.75, 3.05) is 5.73 Å². The molecule has 0 aliphatic carbocycles. The van der Waals surface area contributed by atoms with E-state index in [1.54, 1.807) is 12.4 Å². The van der Waals surface area contributed by atoms with E-state index in [0.717, 1.165) is 11.1 Å². The second-order valence-corrected chi connectivity index (χ2v) is 5.06. The maximum absolute atomic E-state index is 6.31. The number of benzene rings is 1. The summed E-state index contributed by atoms with van der Waals surface area (Å²) in [5.41, 5.74) is 9.64. The summed E-state index contributed by atoms with van der Waals surface area (Å²) in [7, 11) is 0. The van der Waals surface area contributed by atoms with Gasteiger partial charge in [0.05, 0.1) is 5.56 Å². The fourth-order valence-electron chi connectivity index (χ4n) is 2.07. The monoisotopic (exact) mass is 296 g/mol. The number of nitrogen functional groups attached to an aromatic ring is 1. The van der Waals surface area contributed by atoms with Gasteiger partial charge in [-0.15, -0.1) is 0 Å². The van der Waals surface area contributed by atoms with Crippen LogP contribution < -0.4 is 5.73 Å². The molecule has 2 N–H and O–H groups in total. The van der Waals surface area contributed by atoms with Gasteiger partial charge in [0.25, 0.3) is 0 Å². The van der Waals surface area contributed by atoms with Crippen LogP contribution in [-0.2, 0) is 0 Å². The quantitative estimate of drug-likeness (QED) is 0.731. The van der Waals surface area contributed by atoms with E-state index in [1.807, 2.05) is 43.3 Å². The maximum Gasteiger partial charge on any atom is 0.163 e. The van der Waals surface area contributed by atoms with Crippen molar-refractivity contribution in [3.63, 3.8) is 0 Å². The SMILES string of the molecule is Cc1ccc(-c2c(N)nc(-c3ccncc3)nc2Cl)cc1. The highest BCUT2D eigenvalue weighted by Gasteiger charge is 2.13. The van der Waals surface area contributed by atoms with E-state index in [-0.39, 0.29) is 0 Å². The number of anilines is 1. The van der Waals surface area contributed by atoms with Crippen LogP contribution in [0.4, 0.5) is 5.82 Å². The van der Waals surface area contributed by atoms with Crippen molar-refractivity contribution in [1.29, 1.82) is 0 Å². The summed E-state index contributed by atoms with van der Waals surface area (Å²) in [5.74, 6) is 0.862. The van der Waals surface area contributed by atoms with Crippen LogP contribution >= 0.6 is 11.6 Å². The molecule has 0 aliphatic rings. The van der Waals surface area contributed by atoms with E-state index < -0.39 is 0 Å². The Hall–Kier alpha value is -2.46. The Morgan fingerprint density at radius 3 is 2.19 bits per heavy atom. The first kappa shape index (κ1) is 13.5. The Labute approximate surface area is 127 Å².